The molecule has 1 heterocycles. The summed E-state index contributed by atoms with van der Waals surface area (Å²) in [6.45, 7) is 4.70. The number of pyridine rings is 1. The predicted molar refractivity (Wildman–Crippen MR) is 79.1 cm³/mol. The Bertz CT molecular complexity index is 553. The van der Waals surface area contributed by atoms with Crippen molar-refractivity contribution < 1.29 is 4.74 Å². The fraction of sp³-hybridized carbons (Fsp3) is 0.267. The molecule has 1 aromatic carbocycles. The van der Waals surface area contributed by atoms with Gasteiger partial charge in [-0.1, -0.05) is 49.2 Å². The van der Waals surface area contributed by atoms with E-state index >= 15 is 0 Å². The van der Waals surface area contributed by atoms with E-state index in [0.29, 0.717) is 22.7 Å². The third-order valence-corrected chi connectivity index (χ3v) is 3.40. The molecule has 0 atom stereocenters. The SMILES string of the molecule is CC(C)c1ccc(OCc2cnc(Cl)cc2Cl)cc1. The molecule has 0 unspecified atom stereocenters. The average Bonchev–Trinajstić information content (AvgIpc) is 2.38. The van der Waals surface area contributed by atoms with E-state index in [2.05, 4.69) is 31.0 Å². The number of nitrogens with zero attached hydrogens (tertiary/aromatic N) is 1. The Balaban J connectivity index is 2.02. The van der Waals surface area contributed by atoms with Gasteiger partial charge in [0.05, 0.1) is 5.02 Å². The van der Waals surface area contributed by atoms with Crippen molar-refractivity contribution >= 4 is 23.2 Å². The van der Waals surface area contributed by atoms with E-state index in [1.54, 1.807) is 12.3 Å². The van der Waals surface area contributed by atoms with Crippen LogP contribution in [0, 0.1) is 0 Å². The summed E-state index contributed by atoms with van der Waals surface area (Å²) >= 11 is 11.8. The normalized spacial score (nSPS) is 10.8. The van der Waals surface area contributed by atoms with Crippen LogP contribution in [0.15, 0.2) is 36.5 Å². The standard InChI is InChI=1S/C15H15Cl2NO/c1-10(2)11-3-5-13(6-4-11)19-9-12-8-18-15(17)7-14(12)16/h3-8,10H,9H2,1-2H3. The Morgan fingerprint density at radius 1 is 1.16 bits per heavy atom. The number of hydrogen-bond donors (Lipinski definition) is 0. The van der Waals surface area contributed by atoms with Crippen LogP contribution in [0.4, 0.5) is 0 Å². The van der Waals surface area contributed by atoms with Gasteiger partial charge in [-0.15, -0.1) is 0 Å². The highest BCUT2D eigenvalue weighted by Gasteiger charge is 2.04. The lowest BCUT2D eigenvalue weighted by Gasteiger charge is -2.09. The Morgan fingerprint density at radius 2 is 1.84 bits per heavy atom. The number of halogens is 2. The van der Waals surface area contributed by atoms with Crippen LogP contribution in [0.2, 0.25) is 10.2 Å². The van der Waals surface area contributed by atoms with Gasteiger partial charge >= 0.3 is 0 Å². The van der Waals surface area contributed by atoms with Crippen molar-refractivity contribution in [3.05, 3.63) is 57.8 Å². The van der Waals surface area contributed by atoms with E-state index in [0.717, 1.165) is 11.3 Å². The third kappa shape index (κ3) is 3.85. The molecule has 0 N–H and O–H groups in total. The maximum atomic E-state index is 6.06. The van der Waals surface area contributed by atoms with Gasteiger partial charge in [-0.3, -0.25) is 0 Å². The Labute approximate surface area is 123 Å². The van der Waals surface area contributed by atoms with Crippen molar-refractivity contribution in [2.24, 2.45) is 0 Å². The minimum Gasteiger partial charge on any atom is -0.489 e. The van der Waals surface area contributed by atoms with Crippen molar-refractivity contribution in [1.82, 2.24) is 4.98 Å². The first-order chi connectivity index (χ1) is 9.06. The molecule has 1 aromatic heterocycles. The molecule has 4 heteroatoms. The highest BCUT2D eigenvalue weighted by Crippen LogP contribution is 2.22. The predicted octanol–water partition coefficient (Wildman–Crippen LogP) is 5.09. The first-order valence-electron chi connectivity index (χ1n) is 6.09. The summed E-state index contributed by atoms with van der Waals surface area (Å²) < 4.78 is 5.68. The second kappa shape index (κ2) is 6.27. The summed E-state index contributed by atoms with van der Waals surface area (Å²) in [5, 5.41) is 0.953. The van der Waals surface area contributed by atoms with Crippen LogP contribution in [0.5, 0.6) is 5.75 Å². The number of ether oxygens (including phenoxy) is 1. The molecule has 2 nitrogen and oxygen atoms in total. The maximum Gasteiger partial charge on any atom is 0.130 e. The molecule has 0 radical (unpaired) electrons. The van der Waals surface area contributed by atoms with Crippen LogP contribution in [-0.2, 0) is 6.61 Å². The van der Waals surface area contributed by atoms with Crippen LogP contribution >= 0.6 is 23.2 Å². The van der Waals surface area contributed by atoms with Gasteiger partial charge in [0.2, 0.25) is 0 Å². The van der Waals surface area contributed by atoms with E-state index in [1.165, 1.54) is 5.56 Å². The summed E-state index contributed by atoms with van der Waals surface area (Å²) in [5.74, 6) is 1.33. The summed E-state index contributed by atoms with van der Waals surface area (Å²) in [6, 6.07) is 9.69. The summed E-state index contributed by atoms with van der Waals surface area (Å²) in [5.41, 5.74) is 2.11. The molecule has 0 fully saturated rings. The molecule has 0 bridgehead atoms. The van der Waals surface area contributed by atoms with Crippen LogP contribution in [0.1, 0.15) is 30.9 Å². The van der Waals surface area contributed by atoms with Gasteiger partial charge in [-0.05, 0) is 29.7 Å². The summed E-state index contributed by atoms with van der Waals surface area (Å²) in [7, 11) is 0. The number of rotatable bonds is 4. The summed E-state index contributed by atoms with van der Waals surface area (Å²) in [4.78, 5) is 3.99. The third-order valence-electron chi connectivity index (χ3n) is 2.84. The minimum atomic E-state index is 0.379. The van der Waals surface area contributed by atoms with Gasteiger partial charge in [0.25, 0.3) is 0 Å². The molecule has 0 aliphatic heterocycles. The quantitative estimate of drug-likeness (QED) is 0.733. The van der Waals surface area contributed by atoms with E-state index in [4.69, 9.17) is 27.9 Å². The van der Waals surface area contributed by atoms with Crippen molar-refractivity contribution in [2.75, 3.05) is 0 Å². The van der Waals surface area contributed by atoms with Gasteiger partial charge in [0, 0.05) is 11.8 Å². The zero-order chi connectivity index (χ0) is 13.8. The smallest absolute Gasteiger partial charge is 0.130 e. The second-order valence-electron chi connectivity index (χ2n) is 4.61. The van der Waals surface area contributed by atoms with Crippen molar-refractivity contribution in [3.8, 4) is 5.75 Å². The molecule has 100 valence electrons. The van der Waals surface area contributed by atoms with Gasteiger partial charge in [-0.2, -0.15) is 0 Å². The first-order valence-corrected chi connectivity index (χ1v) is 6.84. The molecule has 0 aliphatic carbocycles. The molecule has 19 heavy (non-hydrogen) atoms. The second-order valence-corrected chi connectivity index (χ2v) is 5.41. The molecule has 0 amide bonds. The molecule has 0 spiro atoms. The van der Waals surface area contributed by atoms with Crippen molar-refractivity contribution in [2.45, 2.75) is 26.4 Å². The fourth-order valence-corrected chi connectivity index (χ4v) is 2.07. The highest BCUT2D eigenvalue weighted by molar-refractivity contribution is 6.34. The lowest BCUT2D eigenvalue weighted by atomic mass is 10.0. The zero-order valence-corrected chi connectivity index (χ0v) is 12.4. The zero-order valence-electron chi connectivity index (χ0n) is 10.9. The van der Waals surface area contributed by atoms with Gasteiger partial charge in [0.15, 0.2) is 0 Å². The van der Waals surface area contributed by atoms with Gasteiger partial charge < -0.3 is 4.74 Å². The number of benzene rings is 1. The lowest BCUT2D eigenvalue weighted by molar-refractivity contribution is 0.305. The maximum absolute atomic E-state index is 6.06. The Hall–Kier alpha value is -1.25. The average molecular weight is 296 g/mol. The monoisotopic (exact) mass is 295 g/mol. The van der Waals surface area contributed by atoms with E-state index < -0.39 is 0 Å². The van der Waals surface area contributed by atoms with E-state index in [9.17, 15) is 0 Å². The van der Waals surface area contributed by atoms with Gasteiger partial charge in [-0.25, -0.2) is 4.98 Å². The molecule has 0 saturated heterocycles. The fourth-order valence-electron chi connectivity index (χ4n) is 1.65. The molecule has 2 aromatic rings. The molecule has 0 aliphatic rings. The van der Waals surface area contributed by atoms with Crippen LogP contribution in [0.3, 0.4) is 0 Å². The van der Waals surface area contributed by atoms with E-state index in [1.807, 2.05) is 12.1 Å². The largest absolute Gasteiger partial charge is 0.489 e. The number of aromatic nitrogens is 1. The van der Waals surface area contributed by atoms with Crippen LogP contribution in [-0.4, -0.2) is 4.98 Å². The van der Waals surface area contributed by atoms with Crippen molar-refractivity contribution in [3.63, 3.8) is 0 Å². The topological polar surface area (TPSA) is 22.1 Å². The summed E-state index contributed by atoms with van der Waals surface area (Å²) in [6.07, 6.45) is 1.63. The highest BCUT2D eigenvalue weighted by atomic mass is 35.5. The van der Waals surface area contributed by atoms with Gasteiger partial charge in [0.1, 0.15) is 17.5 Å². The number of hydrogen-bond acceptors (Lipinski definition) is 2. The molecule has 0 saturated carbocycles. The van der Waals surface area contributed by atoms with Crippen LogP contribution in [0.25, 0.3) is 0 Å². The van der Waals surface area contributed by atoms with E-state index in [-0.39, 0.29) is 0 Å². The minimum absolute atomic E-state index is 0.379. The van der Waals surface area contributed by atoms with Crippen molar-refractivity contribution in [1.29, 1.82) is 0 Å². The molecule has 2 rings (SSSR count). The lowest BCUT2D eigenvalue weighted by Crippen LogP contribution is -1.97. The Morgan fingerprint density at radius 3 is 2.42 bits per heavy atom. The Kier molecular flexibility index (Phi) is 4.67. The first kappa shape index (κ1) is 14.2. The van der Waals surface area contributed by atoms with Crippen LogP contribution < -0.4 is 4.74 Å². The molecular formula is C15H15Cl2NO. The molecular weight excluding hydrogens is 281 g/mol.